The van der Waals surface area contributed by atoms with Gasteiger partial charge in [0.05, 0.1) is 13.6 Å². The van der Waals surface area contributed by atoms with Gasteiger partial charge in [0.15, 0.2) is 0 Å². The lowest BCUT2D eigenvalue weighted by Crippen LogP contribution is -2.23. The first-order valence-corrected chi connectivity index (χ1v) is 7.24. The minimum absolute atomic E-state index is 0.0632. The Balaban J connectivity index is 0. The molecule has 0 atom stereocenters. The van der Waals surface area contributed by atoms with Crippen LogP contribution < -0.4 is 4.57 Å². The normalized spacial score (nSPS) is 8.59. The number of rotatable bonds is 7. The van der Waals surface area contributed by atoms with E-state index in [4.69, 9.17) is 15.5 Å². The number of hydrogen-bond donors (Lipinski definition) is 2. The largest absolute Gasteiger partial charge is 0.696 e. The Morgan fingerprint density at radius 2 is 1.77 bits per heavy atom. The minimum atomic E-state index is -0.948. The number of nitriles is 1. The standard InChI is InChI=1S/C8H15N2.C5H8O4.CHNS/c1-3-4-5-10-7-6-9(2)8-10;6-4(7)2-1-3-5(8)9;2-1-3/h6-8H,3-5H2,1-2H3;1-3H2,(H,6,7)(H,8,9);3H/q+1;;/p-1. The summed E-state index contributed by atoms with van der Waals surface area (Å²) in [5.41, 5.74) is 0. The third-order valence-corrected chi connectivity index (χ3v) is 2.37. The van der Waals surface area contributed by atoms with E-state index >= 15 is 0 Å². The second-order valence-corrected chi connectivity index (χ2v) is 4.59. The first-order chi connectivity index (χ1) is 10.4. The summed E-state index contributed by atoms with van der Waals surface area (Å²) < 4.78 is 4.28. The number of carbonyl (C=O) groups is 2. The Bertz CT molecular complexity index is 455. The van der Waals surface area contributed by atoms with Crippen LogP contribution in [0.15, 0.2) is 18.7 Å². The predicted octanol–water partition coefficient (Wildman–Crippen LogP) is 1.45. The fourth-order valence-corrected chi connectivity index (χ4v) is 1.37. The van der Waals surface area contributed by atoms with Crippen molar-refractivity contribution in [2.75, 3.05) is 0 Å². The van der Waals surface area contributed by atoms with Gasteiger partial charge in [-0.1, -0.05) is 18.7 Å². The number of imidazole rings is 1. The molecule has 0 bridgehead atoms. The molecule has 0 saturated carbocycles. The van der Waals surface area contributed by atoms with Crippen molar-refractivity contribution in [1.82, 2.24) is 4.57 Å². The topological polar surface area (TPSA) is 107 Å². The van der Waals surface area contributed by atoms with Crippen LogP contribution >= 0.6 is 0 Å². The van der Waals surface area contributed by atoms with Crippen LogP contribution in [0.3, 0.4) is 0 Å². The van der Waals surface area contributed by atoms with Crippen LogP contribution in [0.5, 0.6) is 0 Å². The molecule has 0 spiro atoms. The molecule has 0 fully saturated rings. The molecule has 0 radical (unpaired) electrons. The zero-order valence-corrected chi connectivity index (χ0v) is 13.8. The Kier molecular flexibility index (Phi) is 15.4. The number of unbranched alkanes of at least 4 members (excludes halogenated alkanes) is 1. The summed E-state index contributed by atoms with van der Waals surface area (Å²) in [5.74, 6) is -1.90. The third kappa shape index (κ3) is 17.9. The number of carboxylic acid groups (broad SMARTS) is 2. The number of aryl methyl sites for hydroxylation is 2. The highest BCUT2D eigenvalue weighted by Gasteiger charge is 1.99. The Hall–Kier alpha value is -2.14. The van der Waals surface area contributed by atoms with Crippen LogP contribution in [-0.2, 0) is 35.8 Å². The zero-order chi connectivity index (χ0) is 17.4. The maximum absolute atomic E-state index is 9.79. The molecule has 1 rings (SSSR count). The fraction of sp³-hybridized carbons (Fsp3) is 0.571. The third-order valence-electron chi connectivity index (χ3n) is 2.37. The van der Waals surface area contributed by atoms with E-state index in [1.54, 1.807) is 0 Å². The number of nitrogens with zero attached hydrogens (tertiary/aromatic N) is 3. The molecule has 22 heavy (non-hydrogen) atoms. The minimum Gasteiger partial charge on any atom is -0.696 e. The summed E-state index contributed by atoms with van der Waals surface area (Å²) in [6.45, 7) is 3.36. The van der Waals surface area contributed by atoms with Gasteiger partial charge < -0.3 is 22.8 Å². The number of aromatic nitrogens is 2. The molecule has 8 heteroatoms. The van der Waals surface area contributed by atoms with Gasteiger partial charge in [-0.15, -0.1) is 0 Å². The van der Waals surface area contributed by atoms with Crippen molar-refractivity contribution in [2.24, 2.45) is 7.05 Å². The molecule has 2 N–H and O–H groups in total. The molecule has 0 aliphatic carbocycles. The smallest absolute Gasteiger partial charge is 0.303 e. The van der Waals surface area contributed by atoms with Gasteiger partial charge in [-0.2, -0.15) is 0 Å². The molecule has 1 aromatic heterocycles. The van der Waals surface area contributed by atoms with Gasteiger partial charge in [-0.05, 0) is 12.8 Å². The first kappa shape index (κ1) is 22.1. The van der Waals surface area contributed by atoms with Crippen LogP contribution in [0.4, 0.5) is 0 Å². The van der Waals surface area contributed by atoms with E-state index in [0.717, 1.165) is 6.54 Å². The molecule has 1 heterocycles. The van der Waals surface area contributed by atoms with Gasteiger partial charge in [-0.3, -0.25) is 9.59 Å². The van der Waals surface area contributed by atoms with Crippen molar-refractivity contribution in [2.45, 2.75) is 45.6 Å². The molecular weight excluding hydrogens is 306 g/mol. The van der Waals surface area contributed by atoms with E-state index in [-0.39, 0.29) is 19.3 Å². The van der Waals surface area contributed by atoms with E-state index in [1.165, 1.54) is 18.2 Å². The monoisotopic (exact) mass is 329 g/mol. The molecule has 0 unspecified atom stereocenters. The van der Waals surface area contributed by atoms with E-state index in [9.17, 15) is 9.59 Å². The average Bonchev–Trinajstić information content (AvgIpc) is 2.83. The van der Waals surface area contributed by atoms with Gasteiger partial charge in [0.2, 0.25) is 6.33 Å². The van der Waals surface area contributed by atoms with Gasteiger partial charge in [0.1, 0.15) is 12.4 Å². The maximum atomic E-state index is 9.79. The Labute approximate surface area is 136 Å². The quantitative estimate of drug-likeness (QED) is 0.445. The first-order valence-electron chi connectivity index (χ1n) is 6.83. The zero-order valence-electron chi connectivity index (χ0n) is 12.9. The van der Waals surface area contributed by atoms with Crippen molar-refractivity contribution in [3.8, 4) is 5.40 Å². The summed E-state index contributed by atoms with van der Waals surface area (Å²) in [4.78, 5) is 19.6. The molecule has 0 aromatic carbocycles. The maximum Gasteiger partial charge on any atom is 0.303 e. The predicted molar refractivity (Wildman–Crippen MR) is 82.6 cm³/mol. The average molecular weight is 329 g/mol. The van der Waals surface area contributed by atoms with E-state index in [1.807, 2.05) is 7.05 Å². The number of aliphatic carboxylic acids is 2. The molecular formula is C14H23N3O4S. The van der Waals surface area contributed by atoms with Crippen molar-refractivity contribution >= 4 is 24.6 Å². The highest BCUT2D eigenvalue weighted by atomic mass is 32.1. The van der Waals surface area contributed by atoms with E-state index in [2.05, 4.69) is 47.4 Å². The number of hydrogen-bond acceptors (Lipinski definition) is 4. The molecule has 1 aromatic rings. The van der Waals surface area contributed by atoms with Crippen molar-refractivity contribution in [3.05, 3.63) is 18.7 Å². The molecule has 0 saturated heterocycles. The lowest BCUT2D eigenvalue weighted by Gasteiger charge is -1.90. The highest BCUT2D eigenvalue weighted by Crippen LogP contribution is 1.93. The van der Waals surface area contributed by atoms with Crippen LogP contribution in [0, 0.1) is 10.7 Å². The Morgan fingerprint density at radius 1 is 1.27 bits per heavy atom. The summed E-state index contributed by atoms with van der Waals surface area (Å²) in [6, 6.07) is 0. The molecule has 0 aliphatic rings. The van der Waals surface area contributed by atoms with Gasteiger partial charge >= 0.3 is 11.9 Å². The molecule has 0 amide bonds. The van der Waals surface area contributed by atoms with Gasteiger partial charge in [0, 0.05) is 12.8 Å². The second-order valence-electron chi connectivity index (χ2n) is 4.40. The van der Waals surface area contributed by atoms with Crippen LogP contribution in [0.1, 0.15) is 39.0 Å². The summed E-state index contributed by atoms with van der Waals surface area (Å²) >= 11 is 3.70. The van der Waals surface area contributed by atoms with E-state index in [0.29, 0.717) is 0 Å². The second kappa shape index (κ2) is 15.3. The summed E-state index contributed by atoms with van der Waals surface area (Å²) in [5, 5.41) is 24.5. The van der Waals surface area contributed by atoms with Crippen molar-refractivity contribution in [1.29, 1.82) is 5.26 Å². The lowest BCUT2D eigenvalue weighted by molar-refractivity contribution is -0.671. The molecule has 124 valence electrons. The summed E-state index contributed by atoms with van der Waals surface area (Å²) in [7, 11) is 2.04. The van der Waals surface area contributed by atoms with Crippen molar-refractivity contribution < 1.29 is 24.4 Å². The summed E-state index contributed by atoms with van der Waals surface area (Å²) in [6.07, 6.45) is 8.90. The van der Waals surface area contributed by atoms with Crippen LogP contribution in [0.25, 0.3) is 0 Å². The molecule has 7 nitrogen and oxygen atoms in total. The number of thiocyanates is 1. The lowest BCUT2D eigenvalue weighted by atomic mass is 10.2. The Morgan fingerprint density at radius 3 is 2.09 bits per heavy atom. The SMILES string of the molecule is CCCCn1cc[n+](C)c1.N#C[S-].O=C(O)CCCC(=O)O. The van der Waals surface area contributed by atoms with Crippen molar-refractivity contribution in [3.63, 3.8) is 0 Å². The highest BCUT2D eigenvalue weighted by molar-refractivity contribution is 7.64. The van der Waals surface area contributed by atoms with Crippen LogP contribution in [0.2, 0.25) is 0 Å². The molecule has 0 aliphatic heterocycles. The van der Waals surface area contributed by atoms with Gasteiger partial charge in [0.25, 0.3) is 0 Å². The van der Waals surface area contributed by atoms with Crippen LogP contribution in [-0.4, -0.2) is 26.7 Å². The fourth-order valence-electron chi connectivity index (χ4n) is 1.37. The number of carboxylic acids is 2. The van der Waals surface area contributed by atoms with E-state index < -0.39 is 11.9 Å². The van der Waals surface area contributed by atoms with Gasteiger partial charge in [-0.25, -0.2) is 14.4 Å².